The Bertz CT molecular complexity index is 772. The molecule has 0 aliphatic carbocycles. The van der Waals surface area contributed by atoms with E-state index in [2.05, 4.69) is 15.2 Å². The summed E-state index contributed by atoms with van der Waals surface area (Å²) in [5.41, 5.74) is 0.535. The van der Waals surface area contributed by atoms with Crippen LogP contribution in [0.3, 0.4) is 0 Å². The van der Waals surface area contributed by atoms with E-state index in [0.717, 1.165) is 11.8 Å². The molecule has 0 aliphatic rings. The second-order valence-corrected chi connectivity index (χ2v) is 5.55. The van der Waals surface area contributed by atoms with Crippen LogP contribution in [0.2, 0.25) is 0 Å². The van der Waals surface area contributed by atoms with Crippen LogP contribution in [0.25, 0.3) is 6.08 Å². The predicted molar refractivity (Wildman–Crippen MR) is 88.7 cm³/mol. The lowest BCUT2D eigenvalue weighted by Gasteiger charge is -2.14. The second-order valence-electron chi connectivity index (χ2n) is 4.54. The molecule has 0 aliphatic heterocycles. The highest BCUT2D eigenvalue weighted by Crippen LogP contribution is 2.41. The minimum Gasteiger partial charge on any atom is -0.493 e. The molecule has 9 heteroatoms. The summed E-state index contributed by atoms with van der Waals surface area (Å²) < 4.78 is 15.9. The molecule has 0 saturated heterocycles. The predicted octanol–water partition coefficient (Wildman–Crippen LogP) is 2.36. The molecule has 2 aromatic rings. The Kier molecular flexibility index (Phi) is 5.69. The Morgan fingerprint density at radius 1 is 1.21 bits per heavy atom. The summed E-state index contributed by atoms with van der Waals surface area (Å²) in [6, 6.07) is 3.36. The number of aliphatic carboxylic acids is 1. The van der Waals surface area contributed by atoms with Crippen LogP contribution >= 0.6 is 11.8 Å². The van der Waals surface area contributed by atoms with Crippen molar-refractivity contribution in [1.82, 2.24) is 15.2 Å². The van der Waals surface area contributed by atoms with Crippen molar-refractivity contribution >= 4 is 23.8 Å². The number of aromatic amines is 1. The van der Waals surface area contributed by atoms with Gasteiger partial charge in [0, 0.05) is 5.56 Å². The number of aromatic nitrogens is 3. The van der Waals surface area contributed by atoms with Gasteiger partial charge in [-0.25, -0.2) is 9.78 Å². The average Bonchev–Trinajstić information content (AvgIpc) is 2.98. The highest BCUT2D eigenvalue weighted by molar-refractivity contribution is 8.04. The molecule has 128 valence electrons. The summed E-state index contributed by atoms with van der Waals surface area (Å²) in [5.74, 6) is 0.755. The first-order valence-electron chi connectivity index (χ1n) is 6.81. The number of carboxylic acid groups (broad SMARTS) is 1. The van der Waals surface area contributed by atoms with E-state index in [1.54, 1.807) is 19.1 Å². The van der Waals surface area contributed by atoms with Crippen molar-refractivity contribution < 1.29 is 24.1 Å². The second kappa shape index (κ2) is 7.73. The number of benzene rings is 1. The maximum atomic E-state index is 11.5. The number of rotatable bonds is 7. The van der Waals surface area contributed by atoms with Gasteiger partial charge in [-0.3, -0.25) is 5.10 Å². The summed E-state index contributed by atoms with van der Waals surface area (Å²) in [5, 5.41) is 16.4. The fraction of sp³-hybridized carbons (Fsp3) is 0.267. The topological polar surface area (TPSA) is 107 Å². The third-order valence-electron chi connectivity index (χ3n) is 3.01. The minimum atomic E-state index is -1.10. The average molecular weight is 351 g/mol. The molecule has 0 saturated carbocycles. The van der Waals surface area contributed by atoms with Gasteiger partial charge in [0.25, 0.3) is 0 Å². The van der Waals surface area contributed by atoms with Gasteiger partial charge in [-0.05, 0) is 36.9 Å². The molecule has 1 aromatic carbocycles. The highest BCUT2D eigenvalue weighted by Gasteiger charge is 2.18. The van der Waals surface area contributed by atoms with Crippen LogP contribution in [0.4, 0.5) is 0 Å². The van der Waals surface area contributed by atoms with E-state index in [1.807, 2.05) is 0 Å². The Labute approximate surface area is 142 Å². The molecule has 0 bridgehead atoms. The number of carbonyl (C=O) groups is 1. The first-order chi connectivity index (χ1) is 11.5. The third kappa shape index (κ3) is 3.80. The van der Waals surface area contributed by atoms with E-state index in [1.165, 1.54) is 27.4 Å². The zero-order valence-corrected chi connectivity index (χ0v) is 14.4. The number of nitrogens with zero attached hydrogens (tertiary/aromatic N) is 2. The fourth-order valence-electron chi connectivity index (χ4n) is 1.98. The van der Waals surface area contributed by atoms with Crippen LogP contribution in [0.15, 0.2) is 22.2 Å². The molecule has 1 aromatic heterocycles. The van der Waals surface area contributed by atoms with E-state index in [0.29, 0.717) is 33.8 Å². The standard InChI is InChI=1S/C15H17N3O5S/c1-8-16-15(18-17-8)24-11(14(19)20)7-9-5-6-10(21-2)13(23-4)12(9)22-3/h5-7H,1-4H3,(H,19,20)(H,16,17,18)/b11-7-. The summed E-state index contributed by atoms with van der Waals surface area (Å²) in [6.07, 6.45) is 1.47. The number of aryl methyl sites for hydroxylation is 1. The van der Waals surface area contributed by atoms with Crippen molar-refractivity contribution in [2.24, 2.45) is 0 Å². The molecular weight excluding hydrogens is 334 g/mol. The normalized spacial score (nSPS) is 11.2. The SMILES string of the molecule is COc1ccc(/C=C(\Sc2n[nH]c(C)n2)C(=O)O)c(OC)c1OC. The molecule has 2 N–H and O–H groups in total. The monoisotopic (exact) mass is 351 g/mol. The van der Waals surface area contributed by atoms with Gasteiger partial charge in [-0.1, -0.05) is 0 Å². The summed E-state index contributed by atoms with van der Waals surface area (Å²) >= 11 is 0.936. The van der Waals surface area contributed by atoms with Crippen LogP contribution < -0.4 is 14.2 Å². The molecule has 0 atom stereocenters. The van der Waals surface area contributed by atoms with E-state index >= 15 is 0 Å². The Morgan fingerprint density at radius 3 is 2.42 bits per heavy atom. The number of ether oxygens (including phenoxy) is 3. The first-order valence-corrected chi connectivity index (χ1v) is 7.62. The van der Waals surface area contributed by atoms with Crippen molar-refractivity contribution in [2.45, 2.75) is 12.1 Å². The Balaban J connectivity index is 2.47. The lowest BCUT2D eigenvalue weighted by atomic mass is 10.1. The van der Waals surface area contributed by atoms with Crippen molar-refractivity contribution in [3.8, 4) is 17.2 Å². The molecule has 0 fully saturated rings. The molecular formula is C15H17N3O5S. The quantitative estimate of drug-likeness (QED) is 0.578. The molecule has 0 radical (unpaired) electrons. The third-order valence-corrected chi connectivity index (χ3v) is 3.89. The first kappa shape index (κ1) is 17.7. The zero-order chi connectivity index (χ0) is 17.7. The van der Waals surface area contributed by atoms with Crippen molar-refractivity contribution in [3.63, 3.8) is 0 Å². The largest absolute Gasteiger partial charge is 0.493 e. The van der Waals surface area contributed by atoms with E-state index in [-0.39, 0.29) is 4.91 Å². The number of carboxylic acids is 1. The van der Waals surface area contributed by atoms with Crippen LogP contribution in [-0.4, -0.2) is 47.6 Å². The fourth-order valence-corrected chi connectivity index (χ4v) is 2.72. The highest BCUT2D eigenvalue weighted by atomic mass is 32.2. The van der Waals surface area contributed by atoms with Crippen LogP contribution in [-0.2, 0) is 4.79 Å². The van der Waals surface area contributed by atoms with Gasteiger partial charge >= 0.3 is 5.97 Å². The Morgan fingerprint density at radius 2 is 1.92 bits per heavy atom. The molecule has 2 rings (SSSR count). The van der Waals surface area contributed by atoms with Crippen LogP contribution in [0, 0.1) is 6.92 Å². The molecule has 8 nitrogen and oxygen atoms in total. The van der Waals surface area contributed by atoms with E-state index in [4.69, 9.17) is 14.2 Å². The summed E-state index contributed by atoms with van der Waals surface area (Å²) in [6.45, 7) is 1.73. The maximum absolute atomic E-state index is 11.5. The summed E-state index contributed by atoms with van der Waals surface area (Å²) in [7, 11) is 4.47. The van der Waals surface area contributed by atoms with Crippen molar-refractivity contribution in [1.29, 1.82) is 0 Å². The lowest BCUT2D eigenvalue weighted by Crippen LogP contribution is -2.00. The van der Waals surface area contributed by atoms with Crippen molar-refractivity contribution in [3.05, 3.63) is 28.4 Å². The van der Waals surface area contributed by atoms with Crippen LogP contribution in [0.5, 0.6) is 17.2 Å². The molecule has 0 unspecified atom stereocenters. The summed E-state index contributed by atoms with van der Waals surface area (Å²) in [4.78, 5) is 15.7. The van der Waals surface area contributed by atoms with E-state index < -0.39 is 5.97 Å². The van der Waals surface area contributed by atoms with Gasteiger partial charge in [0.1, 0.15) is 10.7 Å². The maximum Gasteiger partial charge on any atom is 0.342 e. The number of hydrogen-bond acceptors (Lipinski definition) is 7. The number of methoxy groups -OCH3 is 3. The van der Waals surface area contributed by atoms with Gasteiger partial charge in [-0.15, -0.1) is 5.10 Å². The number of H-pyrrole nitrogens is 1. The van der Waals surface area contributed by atoms with Crippen molar-refractivity contribution in [2.75, 3.05) is 21.3 Å². The number of thioether (sulfide) groups is 1. The van der Waals surface area contributed by atoms with Gasteiger partial charge in [0.05, 0.1) is 21.3 Å². The van der Waals surface area contributed by atoms with Gasteiger partial charge in [-0.2, -0.15) is 0 Å². The molecule has 0 amide bonds. The minimum absolute atomic E-state index is 0.0412. The molecule has 0 spiro atoms. The molecule has 1 heterocycles. The zero-order valence-electron chi connectivity index (χ0n) is 13.6. The van der Waals surface area contributed by atoms with Gasteiger partial charge < -0.3 is 19.3 Å². The number of hydrogen-bond donors (Lipinski definition) is 2. The molecule has 24 heavy (non-hydrogen) atoms. The van der Waals surface area contributed by atoms with Gasteiger partial charge in [0.15, 0.2) is 11.5 Å². The van der Waals surface area contributed by atoms with Crippen LogP contribution in [0.1, 0.15) is 11.4 Å². The van der Waals surface area contributed by atoms with E-state index in [9.17, 15) is 9.90 Å². The Hall–Kier alpha value is -2.68. The van der Waals surface area contributed by atoms with Gasteiger partial charge in [0.2, 0.25) is 10.9 Å². The number of nitrogens with one attached hydrogen (secondary N) is 1. The lowest BCUT2D eigenvalue weighted by molar-refractivity contribution is -0.131. The smallest absolute Gasteiger partial charge is 0.342 e.